The molecule has 2 rings (SSSR count). The van der Waals surface area contributed by atoms with Gasteiger partial charge in [0.05, 0.1) is 22.1 Å². The minimum Gasteiger partial charge on any atom is -0.456 e. The monoisotopic (exact) mass is 372 g/mol. The summed E-state index contributed by atoms with van der Waals surface area (Å²) in [4.78, 5) is 11.1. The standard InChI is InChI=1S/C15H11F3N2O4S/c1-2-10-4-6-13(24-10)14(21)20-25(22,23)11-5-3-9(8-19)12(7-11)15(16,17)18/h3-7H,2H2,1H3,(H,20,21). The highest BCUT2D eigenvalue weighted by atomic mass is 32.2. The number of sulfonamides is 1. The molecule has 6 nitrogen and oxygen atoms in total. The van der Waals surface area contributed by atoms with E-state index in [1.165, 1.54) is 18.2 Å². The molecular weight excluding hydrogens is 361 g/mol. The van der Waals surface area contributed by atoms with Crippen LogP contribution in [0.15, 0.2) is 39.6 Å². The molecule has 0 unspecified atom stereocenters. The van der Waals surface area contributed by atoms with Gasteiger partial charge in [-0.3, -0.25) is 4.79 Å². The molecule has 1 amide bonds. The van der Waals surface area contributed by atoms with Crippen LogP contribution in [-0.2, 0) is 22.6 Å². The molecule has 1 heterocycles. The highest BCUT2D eigenvalue weighted by Gasteiger charge is 2.35. The average molecular weight is 372 g/mol. The Labute approximate surface area is 140 Å². The zero-order valence-corrected chi connectivity index (χ0v) is 13.5. The Kier molecular flexibility index (Phi) is 4.89. The van der Waals surface area contributed by atoms with E-state index in [4.69, 9.17) is 9.68 Å². The van der Waals surface area contributed by atoms with Gasteiger partial charge in [0.1, 0.15) is 5.76 Å². The van der Waals surface area contributed by atoms with Crippen LogP contribution in [0.2, 0.25) is 0 Å². The maximum atomic E-state index is 12.9. The summed E-state index contributed by atoms with van der Waals surface area (Å²) in [6.07, 6.45) is -4.44. The number of nitrogens with zero attached hydrogens (tertiary/aromatic N) is 1. The van der Waals surface area contributed by atoms with Gasteiger partial charge in [-0.25, -0.2) is 13.1 Å². The first-order chi connectivity index (χ1) is 11.6. The van der Waals surface area contributed by atoms with Crippen molar-refractivity contribution in [2.75, 3.05) is 0 Å². The SMILES string of the molecule is CCc1ccc(C(=O)NS(=O)(=O)c2ccc(C#N)c(C(F)(F)F)c2)o1. The second-order valence-electron chi connectivity index (χ2n) is 4.87. The molecule has 0 spiro atoms. The van der Waals surface area contributed by atoms with Crippen molar-refractivity contribution < 1.29 is 30.8 Å². The summed E-state index contributed by atoms with van der Waals surface area (Å²) in [6.45, 7) is 1.76. The normalized spacial score (nSPS) is 11.8. The van der Waals surface area contributed by atoms with Gasteiger partial charge in [-0.2, -0.15) is 18.4 Å². The number of alkyl halides is 3. The number of carbonyl (C=O) groups is 1. The van der Waals surface area contributed by atoms with E-state index >= 15 is 0 Å². The molecule has 0 aliphatic rings. The molecule has 1 aromatic carbocycles. The molecule has 1 N–H and O–H groups in total. The molecule has 0 bridgehead atoms. The number of halogens is 3. The Morgan fingerprint density at radius 1 is 1.28 bits per heavy atom. The fraction of sp³-hybridized carbons (Fsp3) is 0.200. The van der Waals surface area contributed by atoms with Crippen LogP contribution in [0.4, 0.5) is 13.2 Å². The van der Waals surface area contributed by atoms with E-state index in [1.807, 2.05) is 0 Å². The molecule has 0 aliphatic carbocycles. The lowest BCUT2D eigenvalue weighted by Crippen LogP contribution is -2.30. The number of furan rings is 1. The molecule has 0 atom stereocenters. The van der Waals surface area contributed by atoms with E-state index in [1.54, 1.807) is 11.6 Å². The Morgan fingerprint density at radius 3 is 2.48 bits per heavy atom. The lowest BCUT2D eigenvalue weighted by Gasteiger charge is -2.11. The summed E-state index contributed by atoms with van der Waals surface area (Å²) in [7, 11) is -4.58. The molecule has 0 saturated heterocycles. The Bertz CT molecular complexity index is 956. The summed E-state index contributed by atoms with van der Waals surface area (Å²) < 4.78 is 69.8. The van der Waals surface area contributed by atoms with Crippen LogP contribution in [0.5, 0.6) is 0 Å². The Hall–Kier alpha value is -2.80. The molecule has 0 fully saturated rings. The van der Waals surface area contributed by atoms with Crippen molar-refractivity contribution in [1.29, 1.82) is 5.26 Å². The third kappa shape index (κ3) is 4.00. The van der Waals surface area contributed by atoms with Gasteiger partial charge in [0.25, 0.3) is 10.0 Å². The molecule has 0 radical (unpaired) electrons. The fourth-order valence-corrected chi connectivity index (χ4v) is 2.93. The number of nitriles is 1. The van der Waals surface area contributed by atoms with Crippen molar-refractivity contribution >= 4 is 15.9 Å². The van der Waals surface area contributed by atoms with Gasteiger partial charge in [-0.05, 0) is 30.3 Å². The first kappa shape index (κ1) is 18.5. The predicted molar refractivity (Wildman–Crippen MR) is 78.9 cm³/mol. The van der Waals surface area contributed by atoms with Gasteiger partial charge < -0.3 is 4.42 Å². The van der Waals surface area contributed by atoms with Crippen molar-refractivity contribution in [3.63, 3.8) is 0 Å². The van der Waals surface area contributed by atoms with Crippen LogP contribution in [-0.4, -0.2) is 14.3 Å². The van der Waals surface area contributed by atoms with Gasteiger partial charge in [0, 0.05) is 6.42 Å². The predicted octanol–water partition coefficient (Wildman–Crippen LogP) is 2.85. The Morgan fingerprint density at radius 2 is 1.96 bits per heavy atom. The topological polar surface area (TPSA) is 100 Å². The molecule has 1 aromatic heterocycles. The third-order valence-corrected chi connectivity index (χ3v) is 4.52. The van der Waals surface area contributed by atoms with Gasteiger partial charge in [0.15, 0.2) is 5.76 Å². The van der Waals surface area contributed by atoms with E-state index in [-0.39, 0.29) is 5.76 Å². The average Bonchev–Trinajstić information content (AvgIpc) is 3.02. The third-order valence-electron chi connectivity index (χ3n) is 3.19. The van der Waals surface area contributed by atoms with E-state index in [9.17, 15) is 26.4 Å². The van der Waals surface area contributed by atoms with E-state index in [0.717, 1.165) is 12.1 Å². The lowest BCUT2D eigenvalue weighted by atomic mass is 10.1. The first-order valence-corrected chi connectivity index (χ1v) is 8.34. The van der Waals surface area contributed by atoms with Crippen LogP contribution in [0.25, 0.3) is 0 Å². The maximum Gasteiger partial charge on any atom is 0.417 e. The van der Waals surface area contributed by atoms with E-state index in [2.05, 4.69) is 0 Å². The van der Waals surface area contributed by atoms with Crippen molar-refractivity contribution in [3.8, 4) is 6.07 Å². The van der Waals surface area contributed by atoms with Crippen LogP contribution in [0.3, 0.4) is 0 Å². The van der Waals surface area contributed by atoms with Gasteiger partial charge in [0.2, 0.25) is 0 Å². The van der Waals surface area contributed by atoms with Gasteiger partial charge in [-0.1, -0.05) is 6.92 Å². The van der Waals surface area contributed by atoms with Crippen molar-refractivity contribution in [3.05, 3.63) is 53.0 Å². The van der Waals surface area contributed by atoms with Crippen LogP contribution >= 0.6 is 0 Å². The quantitative estimate of drug-likeness (QED) is 0.889. The summed E-state index contributed by atoms with van der Waals surface area (Å²) in [5.41, 5.74) is -2.13. The number of nitrogens with one attached hydrogen (secondary N) is 1. The maximum absolute atomic E-state index is 12.9. The molecule has 2 aromatic rings. The van der Waals surface area contributed by atoms with Crippen molar-refractivity contribution in [1.82, 2.24) is 4.72 Å². The Balaban J connectivity index is 2.36. The van der Waals surface area contributed by atoms with Gasteiger partial charge >= 0.3 is 12.1 Å². The number of hydrogen-bond acceptors (Lipinski definition) is 5. The minimum absolute atomic E-state index is 0.287. The largest absolute Gasteiger partial charge is 0.456 e. The minimum atomic E-state index is -4.92. The number of hydrogen-bond donors (Lipinski definition) is 1. The van der Waals surface area contributed by atoms with Crippen LogP contribution in [0, 0.1) is 11.3 Å². The van der Waals surface area contributed by atoms with Crippen molar-refractivity contribution in [2.24, 2.45) is 0 Å². The second kappa shape index (κ2) is 6.60. The number of rotatable bonds is 4. The molecule has 132 valence electrons. The summed E-state index contributed by atoms with van der Waals surface area (Å²) in [5, 5.41) is 8.71. The molecule has 10 heteroatoms. The summed E-state index contributed by atoms with van der Waals surface area (Å²) >= 11 is 0. The number of benzene rings is 1. The number of aryl methyl sites for hydroxylation is 1. The second-order valence-corrected chi connectivity index (χ2v) is 6.55. The molecule has 0 aliphatic heterocycles. The summed E-state index contributed by atoms with van der Waals surface area (Å²) in [6, 6.07) is 5.90. The van der Waals surface area contributed by atoms with E-state index < -0.39 is 38.1 Å². The zero-order valence-electron chi connectivity index (χ0n) is 12.7. The van der Waals surface area contributed by atoms with Crippen LogP contribution in [0.1, 0.15) is 34.4 Å². The smallest absolute Gasteiger partial charge is 0.417 e. The highest BCUT2D eigenvalue weighted by molar-refractivity contribution is 7.90. The zero-order chi connectivity index (χ0) is 18.8. The van der Waals surface area contributed by atoms with E-state index in [0.29, 0.717) is 18.2 Å². The molecule has 0 saturated carbocycles. The lowest BCUT2D eigenvalue weighted by molar-refractivity contribution is -0.137. The number of amides is 1. The first-order valence-electron chi connectivity index (χ1n) is 6.85. The van der Waals surface area contributed by atoms with Crippen LogP contribution < -0.4 is 4.72 Å². The molecular formula is C15H11F3N2O4S. The fourth-order valence-electron chi connectivity index (χ4n) is 1.94. The highest BCUT2D eigenvalue weighted by Crippen LogP contribution is 2.33. The summed E-state index contributed by atoms with van der Waals surface area (Å²) in [5.74, 6) is -0.956. The number of carbonyl (C=O) groups excluding carboxylic acids is 1. The molecule has 25 heavy (non-hydrogen) atoms. The van der Waals surface area contributed by atoms with Gasteiger partial charge in [-0.15, -0.1) is 0 Å². The van der Waals surface area contributed by atoms with Crippen molar-refractivity contribution in [2.45, 2.75) is 24.4 Å².